The van der Waals surface area contributed by atoms with Crippen molar-refractivity contribution in [2.75, 3.05) is 20.7 Å². The molecule has 0 heterocycles. The molecule has 0 aromatic heterocycles. The first kappa shape index (κ1) is 16.3. The van der Waals surface area contributed by atoms with E-state index in [1.165, 1.54) is 31.2 Å². The van der Waals surface area contributed by atoms with Gasteiger partial charge in [0.25, 0.3) is 0 Å². The molecule has 0 amide bonds. The molecular weight excluding hydrogens is 260 g/mol. The lowest BCUT2D eigenvalue weighted by Crippen LogP contribution is -2.44. The highest BCUT2D eigenvalue weighted by Crippen LogP contribution is 2.32. The van der Waals surface area contributed by atoms with Gasteiger partial charge < -0.3 is 10.5 Å². The second-order valence-corrected chi connectivity index (χ2v) is 6.55. The van der Waals surface area contributed by atoms with Crippen molar-refractivity contribution in [3.8, 4) is 5.75 Å². The summed E-state index contributed by atoms with van der Waals surface area (Å²) in [7, 11) is 3.93. The lowest BCUT2D eigenvalue weighted by molar-refractivity contribution is 0.129. The lowest BCUT2D eigenvalue weighted by Gasteiger charge is -2.37. The summed E-state index contributed by atoms with van der Waals surface area (Å²) in [6.07, 6.45) is 5.34. The van der Waals surface area contributed by atoms with E-state index >= 15 is 0 Å². The summed E-state index contributed by atoms with van der Waals surface area (Å²) in [4.78, 5) is 2.42. The maximum absolute atomic E-state index is 6.09. The zero-order valence-corrected chi connectivity index (χ0v) is 13.7. The van der Waals surface area contributed by atoms with E-state index in [1.54, 1.807) is 7.11 Å². The van der Waals surface area contributed by atoms with Crippen LogP contribution in [0.5, 0.6) is 5.75 Å². The molecule has 1 fully saturated rings. The van der Waals surface area contributed by atoms with Gasteiger partial charge in [0.05, 0.1) is 7.11 Å². The minimum atomic E-state index is 0.474. The van der Waals surface area contributed by atoms with Gasteiger partial charge >= 0.3 is 0 Å². The van der Waals surface area contributed by atoms with Gasteiger partial charge in [-0.1, -0.05) is 38.0 Å². The lowest BCUT2D eigenvalue weighted by atomic mass is 9.79. The Bertz CT molecular complexity index is 427. The van der Waals surface area contributed by atoms with E-state index in [9.17, 15) is 0 Å². The smallest absolute Gasteiger partial charge is 0.123 e. The molecule has 21 heavy (non-hydrogen) atoms. The van der Waals surface area contributed by atoms with Crippen molar-refractivity contribution in [1.29, 1.82) is 0 Å². The molecule has 2 N–H and O–H groups in total. The van der Waals surface area contributed by atoms with Crippen LogP contribution in [0.2, 0.25) is 0 Å². The molecule has 1 aromatic carbocycles. The van der Waals surface area contributed by atoms with Crippen molar-refractivity contribution in [3.63, 3.8) is 0 Å². The highest BCUT2D eigenvalue weighted by atomic mass is 16.5. The third-order valence-corrected chi connectivity index (χ3v) is 5.02. The van der Waals surface area contributed by atoms with E-state index in [0.717, 1.165) is 30.7 Å². The Morgan fingerprint density at radius 2 is 1.90 bits per heavy atom. The van der Waals surface area contributed by atoms with Gasteiger partial charge in [0.15, 0.2) is 0 Å². The first-order valence-corrected chi connectivity index (χ1v) is 8.18. The summed E-state index contributed by atoms with van der Waals surface area (Å²) in [6, 6.07) is 8.74. The van der Waals surface area contributed by atoms with Crippen LogP contribution in [0.1, 0.15) is 38.2 Å². The van der Waals surface area contributed by atoms with Crippen molar-refractivity contribution in [1.82, 2.24) is 4.90 Å². The summed E-state index contributed by atoms with van der Waals surface area (Å²) in [5.41, 5.74) is 7.33. The fraction of sp³-hybridized carbons (Fsp3) is 0.667. The van der Waals surface area contributed by atoms with Gasteiger partial charge in [-0.2, -0.15) is 0 Å². The average Bonchev–Trinajstić information content (AvgIpc) is 2.50. The summed E-state index contributed by atoms with van der Waals surface area (Å²) in [5, 5.41) is 0. The van der Waals surface area contributed by atoms with Crippen LogP contribution < -0.4 is 10.5 Å². The van der Waals surface area contributed by atoms with Crippen LogP contribution in [-0.4, -0.2) is 31.6 Å². The topological polar surface area (TPSA) is 38.5 Å². The van der Waals surface area contributed by atoms with Crippen molar-refractivity contribution in [2.45, 2.75) is 45.2 Å². The predicted octanol–water partition coefficient (Wildman–Crippen LogP) is 3.28. The van der Waals surface area contributed by atoms with E-state index in [2.05, 4.69) is 31.0 Å². The number of likely N-dealkylation sites (N-methyl/N-ethyl adjacent to an activating group) is 1. The number of nitrogens with zero attached hydrogens (tertiary/aromatic N) is 1. The Labute approximate surface area is 129 Å². The second-order valence-electron chi connectivity index (χ2n) is 6.55. The monoisotopic (exact) mass is 290 g/mol. The van der Waals surface area contributed by atoms with E-state index in [0.29, 0.717) is 6.04 Å². The van der Waals surface area contributed by atoms with Crippen molar-refractivity contribution in [2.24, 2.45) is 17.6 Å². The van der Waals surface area contributed by atoms with Crippen LogP contribution in [0.4, 0.5) is 0 Å². The van der Waals surface area contributed by atoms with Crippen molar-refractivity contribution >= 4 is 0 Å². The van der Waals surface area contributed by atoms with E-state index in [1.807, 2.05) is 12.1 Å². The number of nitrogens with two attached hydrogens (primary N) is 1. The summed E-state index contributed by atoms with van der Waals surface area (Å²) in [6.45, 7) is 4.01. The molecule has 0 aliphatic heterocycles. The van der Waals surface area contributed by atoms with Gasteiger partial charge in [-0.05, 0) is 37.8 Å². The molecule has 1 aromatic rings. The van der Waals surface area contributed by atoms with Gasteiger partial charge in [-0.15, -0.1) is 0 Å². The van der Waals surface area contributed by atoms with Crippen LogP contribution >= 0.6 is 0 Å². The Balaban J connectivity index is 2.01. The fourth-order valence-electron chi connectivity index (χ4n) is 3.62. The normalized spacial score (nSPS) is 24.0. The summed E-state index contributed by atoms with van der Waals surface area (Å²) < 4.78 is 5.46. The highest BCUT2D eigenvalue weighted by molar-refractivity contribution is 5.33. The fourth-order valence-corrected chi connectivity index (χ4v) is 3.62. The van der Waals surface area contributed by atoms with Gasteiger partial charge in [0.2, 0.25) is 0 Å². The molecule has 1 aliphatic rings. The maximum atomic E-state index is 6.09. The number of rotatable bonds is 6. The quantitative estimate of drug-likeness (QED) is 0.874. The largest absolute Gasteiger partial charge is 0.496 e. The molecule has 2 rings (SSSR count). The van der Waals surface area contributed by atoms with Crippen LogP contribution in [0.15, 0.2) is 24.3 Å². The zero-order chi connectivity index (χ0) is 15.2. The highest BCUT2D eigenvalue weighted by Gasteiger charge is 2.28. The van der Waals surface area contributed by atoms with Crippen LogP contribution in [-0.2, 0) is 6.54 Å². The van der Waals surface area contributed by atoms with Crippen LogP contribution in [0, 0.1) is 11.8 Å². The Hall–Kier alpha value is -1.06. The molecule has 0 radical (unpaired) electrons. The van der Waals surface area contributed by atoms with Gasteiger partial charge in [0.1, 0.15) is 5.75 Å². The number of para-hydroxylation sites is 1. The number of methoxy groups -OCH3 is 1. The summed E-state index contributed by atoms with van der Waals surface area (Å²) >= 11 is 0. The zero-order valence-electron chi connectivity index (χ0n) is 13.7. The minimum Gasteiger partial charge on any atom is -0.496 e. The van der Waals surface area contributed by atoms with E-state index in [4.69, 9.17) is 10.5 Å². The van der Waals surface area contributed by atoms with Crippen molar-refractivity contribution < 1.29 is 4.74 Å². The van der Waals surface area contributed by atoms with Crippen molar-refractivity contribution in [3.05, 3.63) is 29.8 Å². The molecule has 1 atom stereocenters. The third-order valence-electron chi connectivity index (χ3n) is 5.02. The molecule has 1 unspecified atom stereocenters. The van der Waals surface area contributed by atoms with E-state index in [-0.39, 0.29) is 0 Å². The van der Waals surface area contributed by atoms with Gasteiger partial charge in [0, 0.05) is 24.7 Å². The molecule has 1 saturated carbocycles. The first-order valence-electron chi connectivity index (χ1n) is 8.18. The molecule has 1 aliphatic carbocycles. The van der Waals surface area contributed by atoms with Crippen LogP contribution in [0.25, 0.3) is 0 Å². The molecule has 3 nitrogen and oxygen atoms in total. The number of hydrogen-bond acceptors (Lipinski definition) is 3. The Morgan fingerprint density at radius 1 is 1.24 bits per heavy atom. The number of ether oxygens (including phenoxy) is 1. The molecule has 0 bridgehead atoms. The average molecular weight is 290 g/mol. The first-order chi connectivity index (χ1) is 10.2. The molecule has 0 saturated heterocycles. The standard InChI is InChI=1S/C18H30N2O/c1-14-8-10-15(11-9-14)17(12-19)20(2)13-16-6-4-5-7-18(16)21-3/h4-7,14-15,17H,8-13,19H2,1-3H3. The maximum Gasteiger partial charge on any atom is 0.123 e. The Morgan fingerprint density at radius 3 is 2.52 bits per heavy atom. The third kappa shape index (κ3) is 4.21. The SMILES string of the molecule is COc1ccccc1CN(C)C(CN)C1CCC(C)CC1. The van der Waals surface area contributed by atoms with Gasteiger partial charge in [-0.3, -0.25) is 4.90 Å². The predicted molar refractivity (Wildman–Crippen MR) is 88.4 cm³/mol. The molecule has 0 spiro atoms. The molecule has 118 valence electrons. The number of hydrogen-bond donors (Lipinski definition) is 1. The second kappa shape index (κ2) is 7.81. The number of benzene rings is 1. The van der Waals surface area contributed by atoms with Crippen LogP contribution in [0.3, 0.4) is 0 Å². The molecular formula is C18H30N2O. The summed E-state index contributed by atoms with van der Waals surface area (Å²) in [5.74, 6) is 2.60. The van der Waals surface area contributed by atoms with E-state index < -0.39 is 0 Å². The molecule has 3 heteroatoms. The van der Waals surface area contributed by atoms with Gasteiger partial charge in [-0.25, -0.2) is 0 Å². The minimum absolute atomic E-state index is 0.474. The Kier molecular flexibility index (Phi) is 6.07.